The van der Waals surface area contributed by atoms with Crippen LogP contribution in [0.5, 0.6) is 0 Å². The standard InChI is InChI=1S/C23H26N2O2/c1-14-3-4-18(19(9-14)15(2)26)16-10-17-13-27-8-7-25-22-5-6-24-12-21(22)20(11-16)23(17)25/h3-4,9-11,21-22,24H,5-8,12-13H2,1-2H3/t21-,22-/m0/s1. The molecule has 0 saturated carbocycles. The second-order valence-electron chi connectivity index (χ2n) is 8.09. The minimum Gasteiger partial charge on any atom is -0.375 e. The predicted octanol–water partition coefficient (Wildman–Crippen LogP) is 3.66. The number of ketones is 1. The molecule has 27 heavy (non-hydrogen) atoms. The maximum atomic E-state index is 12.3. The highest BCUT2D eigenvalue weighted by atomic mass is 16.5. The summed E-state index contributed by atoms with van der Waals surface area (Å²) in [5, 5.41) is 3.58. The summed E-state index contributed by atoms with van der Waals surface area (Å²) in [6.45, 7) is 8.23. The molecule has 0 aromatic heterocycles. The van der Waals surface area contributed by atoms with Gasteiger partial charge in [0.05, 0.1) is 13.2 Å². The summed E-state index contributed by atoms with van der Waals surface area (Å²) in [5.41, 5.74) is 8.20. The molecule has 0 radical (unpaired) electrons. The molecule has 0 bridgehead atoms. The normalized spacial score (nSPS) is 23.6. The van der Waals surface area contributed by atoms with Gasteiger partial charge >= 0.3 is 0 Å². The second kappa shape index (κ2) is 6.47. The van der Waals surface area contributed by atoms with Crippen LogP contribution in [-0.4, -0.2) is 38.1 Å². The molecule has 3 heterocycles. The van der Waals surface area contributed by atoms with Crippen molar-refractivity contribution in [1.29, 1.82) is 0 Å². The Kier molecular flexibility index (Phi) is 4.06. The third-order valence-corrected chi connectivity index (χ3v) is 6.35. The van der Waals surface area contributed by atoms with Crippen LogP contribution in [-0.2, 0) is 11.3 Å². The van der Waals surface area contributed by atoms with E-state index in [4.69, 9.17) is 4.74 Å². The molecule has 4 heteroatoms. The summed E-state index contributed by atoms with van der Waals surface area (Å²) in [7, 11) is 0. The SMILES string of the molecule is CC(=O)c1cc(C)ccc1-c1cc2c3c(c1)[C@@H]1CNCC[C@@H]1N3CCOC2. The van der Waals surface area contributed by atoms with Crippen LogP contribution in [0.4, 0.5) is 5.69 Å². The summed E-state index contributed by atoms with van der Waals surface area (Å²) < 4.78 is 5.92. The van der Waals surface area contributed by atoms with Crippen molar-refractivity contribution in [2.45, 2.75) is 38.8 Å². The van der Waals surface area contributed by atoms with E-state index in [2.05, 4.69) is 34.5 Å². The van der Waals surface area contributed by atoms with E-state index >= 15 is 0 Å². The summed E-state index contributed by atoms with van der Waals surface area (Å²) in [6.07, 6.45) is 1.18. The number of piperidine rings is 1. The number of hydrogen-bond donors (Lipinski definition) is 1. The maximum absolute atomic E-state index is 12.3. The average Bonchev–Trinajstić information content (AvgIpc) is 2.83. The number of hydrogen-bond acceptors (Lipinski definition) is 4. The predicted molar refractivity (Wildman–Crippen MR) is 108 cm³/mol. The van der Waals surface area contributed by atoms with Crippen molar-refractivity contribution >= 4 is 11.5 Å². The van der Waals surface area contributed by atoms with E-state index in [1.165, 1.54) is 23.2 Å². The van der Waals surface area contributed by atoms with Crippen LogP contribution in [0.25, 0.3) is 11.1 Å². The van der Waals surface area contributed by atoms with E-state index in [9.17, 15) is 4.79 Å². The molecule has 5 rings (SSSR count). The lowest BCUT2D eigenvalue weighted by atomic mass is 9.86. The Balaban J connectivity index is 1.70. The zero-order valence-corrected chi connectivity index (χ0v) is 16.0. The van der Waals surface area contributed by atoms with Crippen molar-refractivity contribution in [2.24, 2.45) is 0 Å². The quantitative estimate of drug-likeness (QED) is 0.828. The Labute approximate surface area is 160 Å². The van der Waals surface area contributed by atoms with Crippen LogP contribution in [0.2, 0.25) is 0 Å². The Morgan fingerprint density at radius 3 is 3.00 bits per heavy atom. The Hall–Kier alpha value is -2.17. The van der Waals surface area contributed by atoms with Gasteiger partial charge in [-0.15, -0.1) is 0 Å². The number of nitrogens with one attached hydrogen (secondary N) is 1. The number of ether oxygens (including phenoxy) is 1. The first kappa shape index (κ1) is 17.0. The third-order valence-electron chi connectivity index (χ3n) is 6.35. The van der Waals surface area contributed by atoms with Gasteiger partial charge in [0.1, 0.15) is 0 Å². The number of Topliss-reactive ketones (excluding diaryl/α,β-unsaturated/α-hetero) is 1. The third kappa shape index (κ3) is 2.70. The monoisotopic (exact) mass is 362 g/mol. The summed E-state index contributed by atoms with van der Waals surface area (Å²) in [4.78, 5) is 14.9. The van der Waals surface area contributed by atoms with E-state index in [1.807, 2.05) is 13.0 Å². The first-order valence-corrected chi connectivity index (χ1v) is 9.97. The molecule has 0 spiro atoms. The Bertz CT molecular complexity index is 921. The molecule has 0 aliphatic carbocycles. The van der Waals surface area contributed by atoms with E-state index in [0.717, 1.165) is 48.5 Å². The second-order valence-corrected chi connectivity index (χ2v) is 8.09. The van der Waals surface area contributed by atoms with Crippen molar-refractivity contribution in [3.8, 4) is 11.1 Å². The fourth-order valence-corrected chi connectivity index (χ4v) is 5.14. The molecule has 1 saturated heterocycles. The van der Waals surface area contributed by atoms with Crippen LogP contribution in [0.15, 0.2) is 30.3 Å². The van der Waals surface area contributed by atoms with Gasteiger partial charge in [0.2, 0.25) is 0 Å². The lowest BCUT2D eigenvalue weighted by Gasteiger charge is -2.33. The number of anilines is 1. The fraction of sp³-hybridized carbons (Fsp3) is 0.435. The van der Waals surface area contributed by atoms with Crippen molar-refractivity contribution in [3.05, 3.63) is 52.6 Å². The van der Waals surface area contributed by atoms with Gasteiger partial charge in [-0.25, -0.2) is 0 Å². The Morgan fingerprint density at radius 1 is 1.26 bits per heavy atom. The average molecular weight is 362 g/mol. The minimum absolute atomic E-state index is 0.121. The van der Waals surface area contributed by atoms with Crippen LogP contribution >= 0.6 is 0 Å². The summed E-state index contributed by atoms with van der Waals surface area (Å²) >= 11 is 0. The van der Waals surface area contributed by atoms with Gasteiger partial charge in [-0.1, -0.05) is 17.7 Å². The van der Waals surface area contributed by atoms with Gasteiger partial charge in [-0.05, 0) is 61.7 Å². The molecule has 1 N–H and O–H groups in total. The summed E-state index contributed by atoms with van der Waals surface area (Å²) in [5.74, 6) is 0.645. The number of carbonyl (C=O) groups is 1. The maximum Gasteiger partial charge on any atom is 0.160 e. The van der Waals surface area contributed by atoms with E-state index in [0.29, 0.717) is 18.6 Å². The molecule has 2 aromatic rings. The molecule has 2 aromatic carbocycles. The molecule has 0 amide bonds. The van der Waals surface area contributed by atoms with Gasteiger partial charge in [0, 0.05) is 41.9 Å². The van der Waals surface area contributed by atoms with Crippen molar-refractivity contribution in [1.82, 2.24) is 5.32 Å². The number of benzene rings is 2. The Morgan fingerprint density at radius 2 is 2.15 bits per heavy atom. The van der Waals surface area contributed by atoms with Crippen LogP contribution in [0.3, 0.4) is 0 Å². The lowest BCUT2D eigenvalue weighted by Crippen LogP contribution is -2.44. The first-order chi connectivity index (χ1) is 13.1. The number of nitrogens with zero attached hydrogens (tertiary/aromatic N) is 1. The highest BCUT2D eigenvalue weighted by molar-refractivity contribution is 6.01. The van der Waals surface area contributed by atoms with Gasteiger partial charge in [-0.3, -0.25) is 4.79 Å². The van der Waals surface area contributed by atoms with Crippen LogP contribution in [0.1, 0.15) is 46.3 Å². The molecule has 140 valence electrons. The highest BCUT2D eigenvalue weighted by Gasteiger charge is 2.41. The van der Waals surface area contributed by atoms with Gasteiger partial charge in [0.15, 0.2) is 5.78 Å². The molecular formula is C23H26N2O2. The molecule has 0 unspecified atom stereocenters. The van der Waals surface area contributed by atoms with E-state index in [-0.39, 0.29) is 5.78 Å². The van der Waals surface area contributed by atoms with Gasteiger partial charge in [-0.2, -0.15) is 0 Å². The molecule has 1 fully saturated rings. The molecule has 2 atom stereocenters. The minimum atomic E-state index is 0.121. The zero-order chi connectivity index (χ0) is 18.5. The molecule has 4 nitrogen and oxygen atoms in total. The zero-order valence-electron chi connectivity index (χ0n) is 16.0. The smallest absolute Gasteiger partial charge is 0.160 e. The number of rotatable bonds is 2. The van der Waals surface area contributed by atoms with E-state index < -0.39 is 0 Å². The highest BCUT2D eigenvalue weighted by Crippen LogP contribution is 2.48. The van der Waals surface area contributed by atoms with Gasteiger partial charge in [0.25, 0.3) is 0 Å². The number of carbonyl (C=O) groups excluding carboxylic acids is 1. The fourth-order valence-electron chi connectivity index (χ4n) is 5.14. The largest absolute Gasteiger partial charge is 0.375 e. The van der Waals surface area contributed by atoms with Crippen molar-refractivity contribution < 1.29 is 9.53 Å². The number of fused-ring (bicyclic) bond motifs is 3. The lowest BCUT2D eigenvalue weighted by molar-refractivity contribution is 0.101. The van der Waals surface area contributed by atoms with Crippen LogP contribution in [0, 0.1) is 6.92 Å². The molecular weight excluding hydrogens is 336 g/mol. The van der Waals surface area contributed by atoms with Crippen molar-refractivity contribution in [2.75, 3.05) is 31.1 Å². The first-order valence-electron chi connectivity index (χ1n) is 9.97. The topological polar surface area (TPSA) is 41.6 Å². The molecule has 3 aliphatic rings. The van der Waals surface area contributed by atoms with Crippen LogP contribution < -0.4 is 10.2 Å². The van der Waals surface area contributed by atoms with Crippen molar-refractivity contribution in [3.63, 3.8) is 0 Å². The number of aryl methyl sites for hydroxylation is 1. The van der Waals surface area contributed by atoms with E-state index in [1.54, 1.807) is 6.92 Å². The summed E-state index contributed by atoms with van der Waals surface area (Å²) in [6, 6.07) is 11.4. The molecule has 3 aliphatic heterocycles. The van der Waals surface area contributed by atoms with Gasteiger partial charge < -0.3 is 15.0 Å².